The van der Waals surface area contributed by atoms with Gasteiger partial charge in [0.2, 0.25) is 10.0 Å². The Bertz CT molecular complexity index is 977. The summed E-state index contributed by atoms with van der Waals surface area (Å²) in [4.78, 5) is 24.0. The maximum atomic E-state index is 12.9. The summed E-state index contributed by atoms with van der Waals surface area (Å²) in [7, 11) is -3.57. The van der Waals surface area contributed by atoms with E-state index in [0.29, 0.717) is 37.0 Å². The molecule has 2 unspecified atom stereocenters. The highest BCUT2D eigenvalue weighted by Gasteiger charge is 2.31. The van der Waals surface area contributed by atoms with Crippen LogP contribution < -0.4 is 5.32 Å². The van der Waals surface area contributed by atoms with E-state index < -0.39 is 21.9 Å². The molecular formula is C22H28N2O5S2. The van der Waals surface area contributed by atoms with Crippen molar-refractivity contribution >= 4 is 38.9 Å². The molecule has 1 aromatic heterocycles. The van der Waals surface area contributed by atoms with E-state index in [2.05, 4.69) is 19.2 Å². The van der Waals surface area contributed by atoms with Gasteiger partial charge in [0.25, 0.3) is 5.91 Å². The lowest BCUT2D eigenvalue weighted by Crippen LogP contribution is -2.42. The van der Waals surface area contributed by atoms with Crippen LogP contribution in [-0.4, -0.2) is 44.3 Å². The first-order valence-electron chi connectivity index (χ1n) is 10.3. The van der Waals surface area contributed by atoms with E-state index in [1.807, 2.05) is 16.8 Å². The van der Waals surface area contributed by atoms with Crippen LogP contribution >= 0.6 is 11.3 Å². The van der Waals surface area contributed by atoms with Gasteiger partial charge in [-0.25, -0.2) is 8.42 Å². The van der Waals surface area contributed by atoms with E-state index >= 15 is 0 Å². The van der Waals surface area contributed by atoms with Crippen LogP contribution in [0.3, 0.4) is 0 Å². The van der Waals surface area contributed by atoms with Crippen LogP contribution in [0.4, 0.5) is 5.69 Å². The molecule has 1 aliphatic heterocycles. The van der Waals surface area contributed by atoms with Crippen molar-refractivity contribution in [2.24, 2.45) is 11.8 Å². The van der Waals surface area contributed by atoms with Gasteiger partial charge in [0.1, 0.15) is 0 Å². The first-order valence-corrected chi connectivity index (χ1v) is 12.7. The second-order valence-corrected chi connectivity index (χ2v) is 10.9. The molecular weight excluding hydrogens is 436 g/mol. The number of carbonyl (C=O) groups is 2. The number of hydrogen-bond acceptors (Lipinski definition) is 6. The van der Waals surface area contributed by atoms with Crippen molar-refractivity contribution in [2.75, 3.05) is 25.0 Å². The maximum Gasteiger partial charge on any atom is 0.306 e. The molecule has 2 atom stereocenters. The van der Waals surface area contributed by atoms with Gasteiger partial charge < -0.3 is 10.1 Å². The highest BCUT2D eigenvalue weighted by molar-refractivity contribution is 7.89. The molecule has 1 saturated heterocycles. The number of ether oxygens (including phenoxy) is 1. The number of aryl methyl sites for hydroxylation is 1. The molecule has 7 nitrogen and oxygen atoms in total. The molecule has 31 heavy (non-hydrogen) atoms. The Morgan fingerprint density at radius 2 is 1.81 bits per heavy atom. The smallest absolute Gasteiger partial charge is 0.306 e. The molecule has 2 heterocycles. The third-order valence-corrected chi connectivity index (χ3v) is 7.75. The van der Waals surface area contributed by atoms with Gasteiger partial charge in [0.15, 0.2) is 6.61 Å². The van der Waals surface area contributed by atoms with Crippen molar-refractivity contribution < 1.29 is 22.7 Å². The minimum Gasteiger partial charge on any atom is -0.456 e. The Hall–Kier alpha value is -2.23. The summed E-state index contributed by atoms with van der Waals surface area (Å²) in [6.45, 7) is 4.77. The van der Waals surface area contributed by atoms with Crippen molar-refractivity contribution in [2.45, 2.75) is 38.0 Å². The number of thiophene rings is 1. The van der Waals surface area contributed by atoms with Crippen LogP contribution in [0.1, 0.15) is 32.3 Å². The zero-order valence-electron chi connectivity index (χ0n) is 17.7. The van der Waals surface area contributed by atoms with Gasteiger partial charge >= 0.3 is 5.97 Å². The fourth-order valence-corrected chi connectivity index (χ4v) is 6.14. The monoisotopic (exact) mass is 464 g/mol. The normalized spacial score (nSPS) is 19.7. The number of piperidine rings is 1. The molecule has 1 amide bonds. The van der Waals surface area contributed by atoms with Gasteiger partial charge in [-0.1, -0.05) is 13.8 Å². The first-order chi connectivity index (χ1) is 14.7. The number of benzene rings is 1. The Morgan fingerprint density at radius 1 is 1.13 bits per heavy atom. The summed E-state index contributed by atoms with van der Waals surface area (Å²) in [5, 5.41) is 6.53. The molecule has 0 radical (unpaired) electrons. The second kappa shape index (κ2) is 10.4. The number of anilines is 1. The van der Waals surface area contributed by atoms with Crippen LogP contribution in [0.25, 0.3) is 0 Å². The molecule has 1 aromatic carbocycles. The molecule has 0 aliphatic carbocycles. The summed E-state index contributed by atoms with van der Waals surface area (Å²) < 4.78 is 32.4. The number of nitrogens with zero attached hydrogens (tertiary/aromatic N) is 1. The SMILES string of the molecule is CC1CC(C)CN(S(=O)(=O)c2ccc(NC(=O)COC(=O)CCc3ccsc3)cc2)C1. The third kappa shape index (κ3) is 6.62. The van der Waals surface area contributed by atoms with E-state index in [4.69, 9.17) is 4.74 Å². The molecule has 1 N–H and O–H groups in total. The number of nitrogens with one attached hydrogen (secondary N) is 1. The number of rotatable bonds is 8. The van der Waals surface area contributed by atoms with E-state index in [1.54, 1.807) is 23.5 Å². The zero-order chi connectivity index (χ0) is 22.4. The molecule has 1 fully saturated rings. The molecule has 1 aliphatic rings. The van der Waals surface area contributed by atoms with Crippen LogP contribution in [0, 0.1) is 11.8 Å². The minimum atomic E-state index is -3.57. The van der Waals surface area contributed by atoms with Gasteiger partial charge in [-0.2, -0.15) is 15.6 Å². The van der Waals surface area contributed by atoms with E-state index in [9.17, 15) is 18.0 Å². The van der Waals surface area contributed by atoms with Crippen LogP contribution in [-0.2, 0) is 30.8 Å². The topological polar surface area (TPSA) is 92.8 Å². The number of hydrogen-bond donors (Lipinski definition) is 1. The molecule has 0 spiro atoms. The van der Waals surface area contributed by atoms with Crippen molar-refractivity contribution in [3.05, 3.63) is 46.7 Å². The average molecular weight is 465 g/mol. The average Bonchev–Trinajstić information content (AvgIpc) is 3.24. The number of carbonyl (C=O) groups excluding carboxylic acids is 2. The highest BCUT2D eigenvalue weighted by Crippen LogP contribution is 2.27. The molecule has 168 valence electrons. The Kier molecular flexibility index (Phi) is 7.85. The number of esters is 1. The number of amides is 1. The van der Waals surface area contributed by atoms with Crippen molar-refractivity contribution in [1.29, 1.82) is 0 Å². The van der Waals surface area contributed by atoms with E-state index in [-0.39, 0.29) is 17.9 Å². The lowest BCUT2D eigenvalue weighted by atomic mass is 9.94. The van der Waals surface area contributed by atoms with Crippen molar-refractivity contribution in [3.8, 4) is 0 Å². The molecule has 3 rings (SSSR count). The van der Waals surface area contributed by atoms with E-state index in [1.165, 1.54) is 16.4 Å². The van der Waals surface area contributed by atoms with Gasteiger partial charge in [-0.15, -0.1) is 0 Å². The van der Waals surface area contributed by atoms with Gasteiger partial charge in [0.05, 0.1) is 4.90 Å². The van der Waals surface area contributed by atoms with Crippen LogP contribution in [0.2, 0.25) is 0 Å². The third-order valence-electron chi connectivity index (χ3n) is 5.17. The lowest BCUT2D eigenvalue weighted by Gasteiger charge is -2.34. The van der Waals surface area contributed by atoms with Crippen LogP contribution in [0.5, 0.6) is 0 Å². The fraction of sp³-hybridized carbons (Fsp3) is 0.455. The highest BCUT2D eigenvalue weighted by atomic mass is 32.2. The molecule has 0 saturated carbocycles. The standard InChI is InChI=1S/C22H28N2O5S2/c1-16-11-17(2)13-24(12-16)31(27,28)20-6-4-19(5-7-20)23-21(25)14-29-22(26)8-3-18-9-10-30-15-18/h4-7,9-10,15-17H,3,8,11-14H2,1-2H3,(H,23,25). The van der Waals surface area contributed by atoms with Gasteiger partial charge in [0, 0.05) is 25.2 Å². The van der Waals surface area contributed by atoms with Gasteiger partial charge in [-0.3, -0.25) is 9.59 Å². The van der Waals surface area contributed by atoms with Crippen molar-refractivity contribution in [3.63, 3.8) is 0 Å². The van der Waals surface area contributed by atoms with Crippen molar-refractivity contribution in [1.82, 2.24) is 4.31 Å². The minimum absolute atomic E-state index is 0.201. The number of sulfonamides is 1. The Morgan fingerprint density at radius 3 is 2.42 bits per heavy atom. The molecule has 0 bridgehead atoms. The summed E-state index contributed by atoms with van der Waals surface area (Å²) in [6, 6.07) is 8.00. The van der Waals surface area contributed by atoms with E-state index in [0.717, 1.165) is 12.0 Å². The van der Waals surface area contributed by atoms with Crippen LogP contribution in [0.15, 0.2) is 46.0 Å². The summed E-state index contributed by atoms with van der Waals surface area (Å²) in [6.07, 6.45) is 1.81. The summed E-state index contributed by atoms with van der Waals surface area (Å²) in [5.74, 6) is -0.263. The quantitative estimate of drug-likeness (QED) is 0.604. The zero-order valence-corrected chi connectivity index (χ0v) is 19.4. The maximum absolute atomic E-state index is 12.9. The fourth-order valence-electron chi connectivity index (χ4n) is 3.76. The molecule has 2 aromatic rings. The summed E-state index contributed by atoms with van der Waals surface area (Å²) >= 11 is 1.56. The predicted octanol–water partition coefficient (Wildman–Crippen LogP) is 3.53. The Labute approximate surface area is 187 Å². The second-order valence-electron chi connectivity index (χ2n) is 8.13. The Balaban J connectivity index is 1.49. The largest absolute Gasteiger partial charge is 0.456 e. The van der Waals surface area contributed by atoms with Gasteiger partial charge in [-0.05, 0) is 71.3 Å². The molecule has 9 heteroatoms. The first kappa shape index (κ1) is 23.4. The lowest BCUT2D eigenvalue weighted by molar-refractivity contribution is -0.147. The summed E-state index contributed by atoms with van der Waals surface area (Å²) in [5.41, 5.74) is 1.51. The predicted molar refractivity (Wildman–Crippen MR) is 120 cm³/mol.